The monoisotopic (exact) mass is 397 g/mol. The molecule has 1 aliphatic heterocycles. The lowest BCUT2D eigenvalue weighted by atomic mass is 10.0. The van der Waals surface area contributed by atoms with E-state index in [1.807, 2.05) is 12.1 Å². The largest absolute Gasteiger partial charge is 0.431 e. The fraction of sp³-hybridized carbons (Fsp3) is 0.375. The van der Waals surface area contributed by atoms with Crippen molar-refractivity contribution < 1.29 is 22.4 Å². The van der Waals surface area contributed by atoms with Crippen LogP contribution in [0.1, 0.15) is 19.4 Å². The standard InChI is InChI=1S/C16H14F3N5O2S/c1-9-6-12(16(17,18)19)24-14(20-8-21-24)23(9)13(25)7-27-15-22-10-4-2-3-5-11(10)26-15/h2-5,8-9,12H,6-7H2,1H3/t9-,12+/m1/s1. The molecule has 1 amide bonds. The summed E-state index contributed by atoms with van der Waals surface area (Å²) in [5.74, 6) is -0.523. The van der Waals surface area contributed by atoms with Crippen molar-refractivity contribution in [3.05, 3.63) is 30.6 Å². The molecule has 27 heavy (non-hydrogen) atoms. The molecule has 7 nitrogen and oxygen atoms in total. The van der Waals surface area contributed by atoms with E-state index < -0.39 is 18.3 Å². The summed E-state index contributed by atoms with van der Waals surface area (Å²) in [7, 11) is 0. The number of nitrogens with zero attached hydrogens (tertiary/aromatic N) is 5. The first kappa shape index (κ1) is 17.8. The van der Waals surface area contributed by atoms with E-state index in [1.165, 1.54) is 4.90 Å². The second-order valence-electron chi connectivity index (χ2n) is 6.15. The lowest BCUT2D eigenvalue weighted by Crippen LogP contribution is -2.49. The summed E-state index contributed by atoms with van der Waals surface area (Å²) in [6.07, 6.45) is -3.71. The van der Waals surface area contributed by atoms with E-state index in [0.717, 1.165) is 22.8 Å². The van der Waals surface area contributed by atoms with Gasteiger partial charge >= 0.3 is 6.18 Å². The summed E-state index contributed by atoms with van der Waals surface area (Å²) >= 11 is 1.08. The minimum absolute atomic E-state index is 0.0410. The molecule has 2 atom stereocenters. The van der Waals surface area contributed by atoms with E-state index in [9.17, 15) is 18.0 Å². The van der Waals surface area contributed by atoms with Gasteiger partial charge in [-0.3, -0.25) is 9.69 Å². The topological polar surface area (TPSA) is 77.1 Å². The fourth-order valence-corrected chi connectivity index (χ4v) is 3.79. The molecule has 2 aromatic heterocycles. The van der Waals surface area contributed by atoms with E-state index in [2.05, 4.69) is 15.1 Å². The SMILES string of the molecule is C[C@@H]1C[C@@H](C(F)(F)F)n2ncnc2N1C(=O)CSc1nc2ccccc2o1. The van der Waals surface area contributed by atoms with Crippen LogP contribution in [0.3, 0.4) is 0 Å². The van der Waals surface area contributed by atoms with Crippen molar-refractivity contribution in [2.45, 2.75) is 36.8 Å². The minimum Gasteiger partial charge on any atom is -0.431 e. The molecule has 0 spiro atoms. The molecule has 11 heteroatoms. The van der Waals surface area contributed by atoms with Crippen LogP contribution in [0.5, 0.6) is 0 Å². The van der Waals surface area contributed by atoms with Crippen LogP contribution in [0.25, 0.3) is 11.1 Å². The van der Waals surface area contributed by atoms with Crippen LogP contribution in [0, 0.1) is 0 Å². The Morgan fingerprint density at radius 3 is 2.89 bits per heavy atom. The van der Waals surface area contributed by atoms with Gasteiger partial charge in [-0.15, -0.1) is 0 Å². The summed E-state index contributed by atoms with van der Waals surface area (Å²) in [4.78, 5) is 22.1. The van der Waals surface area contributed by atoms with Gasteiger partial charge in [0, 0.05) is 6.04 Å². The Balaban J connectivity index is 1.53. The highest BCUT2D eigenvalue weighted by atomic mass is 32.2. The first-order valence-corrected chi connectivity index (χ1v) is 9.10. The number of anilines is 1. The number of fused-ring (bicyclic) bond motifs is 2. The fourth-order valence-electron chi connectivity index (χ4n) is 3.10. The van der Waals surface area contributed by atoms with Crippen molar-refractivity contribution in [3.63, 3.8) is 0 Å². The highest BCUT2D eigenvalue weighted by Crippen LogP contribution is 2.40. The Hall–Kier alpha value is -2.56. The molecular formula is C16H14F3N5O2S. The van der Waals surface area contributed by atoms with Crippen LogP contribution in [0.15, 0.2) is 40.2 Å². The molecule has 0 radical (unpaired) electrons. The molecule has 0 fully saturated rings. The van der Waals surface area contributed by atoms with Gasteiger partial charge in [0.25, 0.3) is 5.22 Å². The molecule has 0 bridgehead atoms. The normalized spacial score (nSPS) is 20.1. The third kappa shape index (κ3) is 3.27. The molecule has 0 saturated carbocycles. The zero-order valence-corrected chi connectivity index (χ0v) is 14.9. The number of halogens is 3. The molecule has 0 saturated heterocycles. The molecule has 0 unspecified atom stereocenters. The van der Waals surface area contributed by atoms with E-state index in [-0.39, 0.29) is 24.0 Å². The van der Waals surface area contributed by atoms with Crippen LogP contribution < -0.4 is 4.90 Å². The van der Waals surface area contributed by atoms with Gasteiger partial charge in [0.2, 0.25) is 11.9 Å². The number of thioether (sulfide) groups is 1. The second kappa shape index (κ2) is 6.55. The predicted octanol–water partition coefficient (Wildman–Crippen LogP) is 3.44. The van der Waals surface area contributed by atoms with Crippen molar-refractivity contribution in [3.8, 4) is 0 Å². The van der Waals surface area contributed by atoms with Gasteiger partial charge in [0.05, 0.1) is 5.75 Å². The van der Waals surface area contributed by atoms with Gasteiger partial charge in [-0.25, -0.2) is 9.67 Å². The van der Waals surface area contributed by atoms with Gasteiger partial charge in [0.15, 0.2) is 11.6 Å². The predicted molar refractivity (Wildman–Crippen MR) is 91.4 cm³/mol. The quantitative estimate of drug-likeness (QED) is 0.630. The van der Waals surface area contributed by atoms with Gasteiger partial charge < -0.3 is 4.42 Å². The zero-order chi connectivity index (χ0) is 19.2. The van der Waals surface area contributed by atoms with Crippen LogP contribution >= 0.6 is 11.8 Å². The summed E-state index contributed by atoms with van der Waals surface area (Å²) < 4.78 is 46.1. The summed E-state index contributed by atoms with van der Waals surface area (Å²) in [6, 6.07) is 4.73. The number of para-hydroxylation sites is 2. The average Bonchev–Trinajstić information content (AvgIpc) is 3.24. The van der Waals surface area contributed by atoms with Crippen LogP contribution in [0.2, 0.25) is 0 Å². The number of benzene rings is 1. The number of aromatic nitrogens is 4. The van der Waals surface area contributed by atoms with Gasteiger partial charge in [-0.2, -0.15) is 23.3 Å². The number of rotatable bonds is 3. The number of hydrogen-bond donors (Lipinski definition) is 0. The van der Waals surface area contributed by atoms with Crippen molar-refractivity contribution in [2.75, 3.05) is 10.7 Å². The molecule has 0 N–H and O–H groups in total. The Kier molecular flexibility index (Phi) is 4.33. The number of hydrogen-bond acceptors (Lipinski definition) is 6. The Morgan fingerprint density at radius 2 is 2.15 bits per heavy atom. The Morgan fingerprint density at radius 1 is 1.37 bits per heavy atom. The summed E-state index contributed by atoms with van der Waals surface area (Å²) in [6.45, 7) is 1.57. The number of carbonyl (C=O) groups is 1. The molecule has 1 aliphatic rings. The Labute approximate surface area is 155 Å². The number of oxazole rings is 1. The molecular weight excluding hydrogens is 383 g/mol. The van der Waals surface area contributed by atoms with E-state index in [4.69, 9.17) is 4.42 Å². The zero-order valence-electron chi connectivity index (χ0n) is 14.1. The van der Waals surface area contributed by atoms with Gasteiger partial charge in [-0.1, -0.05) is 23.9 Å². The van der Waals surface area contributed by atoms with E-state index >= 15 is 0 Å². The summed E-state index contributed by atoms with van der Waals surface area (Å²) in [5, 5.41) is 4.00. The van der Waals surface area contributed by atoms with E-state index in [1.54, 1.807) is 19.1 Å². The van der Waals surface area contributed by atoms with Crippen molar-refractivity contribution in [1.29, 1.82) is 0 Å². The molecule has 3 heterocycles. The lowest BCUT2D eigenvalue weighted by molar-refractivity contribution is -0.174. The molecule has 4 rings (SSSR count). The highest BCUT2D eigenvalue weighted by molar-refractivity contribution is 7.99. The maximum Gasteiger partial charge on any atom is 0.411 e. The third-order valence-corrected chi connectivity index (χ3v) is 5.12. The maximum absolute atomic E-state index is 13.3. The van der Waals surface area contributed by atoms with Gasteiger partial charge in [0.1, 0.15) is 11.8 Å². The van der Waals surface area contributed by atoms with Crippen LogP contribution in [-0.2, 0) is 4.79 Å². The highest BCUT2D eigenvalue weighted by Gasteiger charge is 2.48. The average molecular weight is 397 g/mol. The van der Waals surface area contributed by atoms with Crippen LogP contribution in [0.4, 0.5) is 19.1 Å². The number of amides is 1. The maximum atomic E-state index is 13.3. The molecule has 1 aromatic carbocycles. The van der Waals surface area contributed by atoms with E-state index in [0.29, 0.717) is 16.3 Å². The molecule has 142 valence electrons. The number of carbonyl (C=O) groups excluding carboxylic acids is 1. The lowest BCUT2D eigenvalue weighted by Gasteiger charge is -2.37. The van der Waals surface area contributed by atoms with Crippen LogP contribution in [-0.4, -0.2) is 43.6 Å². The van der Waals surface area contributed by atoms with Gasteiger partial charge in [-0.05, 0) is 25.5 Å². The van der Waals surface area contributed by atoms with Crippen molar-refractivity contribution >= 4 is 34.7 Å². The minimum atomic E-state index is -4.46. The van der Waals surface area contributed by atoms with Crippen molar-refractivity contribution in [2.24, 2.45) is 0 Å². The first-order valence-electron chi connectivity index (χ1n) is 8.11. The van der Waals surface area contributed by atoms with Crippen molar-refractivity contribution in [1.82, 2.24) is 19.7 Å². The first-order chi connectivity index (χ1) is 12.8. The molecule has 0 aliphatic carbocycles. The molecule has 3 aromatic rings. The second-order valence-corrected chi connectivity index (χ2v) is 7.07. The Bertz CT molecular complexity index is 953. The smallest absolute Gasteiger partial charge is 0.411 e. The summed E-state index contributed by atoms with van der Waals surface area (Å²) in [5.41, 5.74) is 1.28. The third-order valence-electron chi connectivity index (χ3n) is 4.31. The number of alkyl halides is 3.